The minimum Gasteiger partial charge on any atom is -0.464 e. The lowest BCUT2D eigenvalue weighted by Gasteiger charge is -2.26. The van der Waals surface area contributed by atoms with Crippen molar-refractivity contribution in [3.63, 3.8) is 0 Å². The molecule has 0 radical (unpaired) electrons. The minimum atomic E-state index is -0.602. The predicted octanol–water partition coefficient (Wildman–Crippen LogP) is 1.22. The van der Waals surface area contributed by atoms with Crippen molar-refractivity contribution in [2.24, 2.45) is 7.05 Å². The van der Waals surface area contributed by atoms with Crippen LogP contribution in [0.4, 0.5) is 0 Å². The number of aromatic nitrogens is 2. The average molecular weight is 267 g/mol. The van der Waals surface area contributed by atoms with E-state index in [9.17, 15) is 9.59 Å². The number of rotatable bonds is 6. The normalized spacial score (nSPS) is 12.0. The minimum absolute atomic E-state index is 0.247. The van der Waals surface area contributed by atoms with Gasteiger partial charge in [0.1, 0.15) is 11.7 Å². The van der Waals surface area contributed by atoms with Gasteiger partial charge in [-0.2, -0.15) is 5.10 Å². The zero-order valence-corrected chi connectivity index (χ0v) is 11.9. The Kier molecular flexibility index (Phi) is 5.54. The molecule has 6 heteroatoms. The summed E-state index contributed by atoms with van der Waals surface area (Å²) in [5.74, 6) is -0.636. The molecule has 1 rings (SSSR count). The molecule has 0 saturated carbocycles. The van der Waals surface area contributed by atoms with Crippen LogP contribution in [0.3, 0.4) is 0 Å². The lowest BCUT2D eigenvalue weighted by Crippen LogP contribution is -2.44. The second-order valence-corrected chi connectivity index (χ2v) is 4.30. The number of hydrogen-bond donors (Lipinski definition) is 0. The van der Waals surface area contributed by atoms with Gasteiger partial charge in [-0.25, -0.2) is 4.79 Å². The van der Waals surface area contributed by atoms with Crippen molar-refractivity contribution in [2.75, 3.05) is 13.2 Å². The van der Waals surface area contributed by atoms with E-state index in [2.05, 4.69) is 5.10 Å². The number of carbonyl (C=O) groups is 2. The van der Waals surface area contributed by atoms with Crippen LogP contribution in [0, 0.1) is 0 Å². The maximum Gasteiger partial charge on any atom is 0.328 e. The van der Waals surface area contributed by atoms with Crippen LogP contribution in [0.5, 0.6) is 0 Å². The van der Waals surface area contributed by atoms with Crippen molar-refractivity contribution in [2.45, 2.75) is 33.2 Å². The Morgan fingerprint density at radius 2 is 2.16 bits per heavy atom. The van der Waals surface area contributed by atoms with E-state index in [1.165, 1.54) is 4.90 Å². The summed E-state index contributed by atoms with van der Waals surface area (Å²) in [6.45, 7) is 6.18. The van der Waals surface area contributed by atoms with E-state index in [4.69, 9.17) is 4.74 Å². The van der Waals surface area contributed by atoms with Gasteiger partial charge in [0.15, 0.2) is 0 Å². The van der Waals surface area contributed by atoms with Gasteiger partial charge in [-0.05, 0) is 26.3 Å². The SMILES string of the molecule is CCCN(C(=O)c1ccn(C)n1)[C@H](C)C(=O)OCC. The van der Waals surface area contributed by atoms with E-state index in [1.807, 2.05) is 6.92 Å². The van der Waals surface area contributed by atoms with Gasteiger partial charge in [0.05, 0.1) is 6.61 Å². The van der Waals surface area contributed by atoms with Crippen molar-refractivity contribution in [3.05, 3.63) is 18.0 Å². The van der Waals surface area contributed by atoms with Crippen LogP contribution >= 0.6 is 0 Å². The van der Waals surface area contributed by atoms with Gasteiger partial charge >= 0.3 is 5.97 Å². The van der Waals surface area contributed by atoms with Crippen molar-refractivity contribution < 1.29 is 14.3 Å². The van der Waals surface area contributed by atoms with E-state index in [0.29, 0.717) is 18.8 Å². The number of hydrogen-bond acceptors (Lipinski definition) is 4. The highest BCUT2D eigenvalue weighted by Gasteiger charge is 2.28. The summed E-state index contributed by atoms with van der Waals surface area (Å²) in [6.07, 6.45) is 2.47. The molecule has 1 atom stereocenters. The number of esters is 1. The summed E-state index contributed by atoms with van der Waals surface area (Å²) in [7, 11) is 1.75. The Bertz CT molecular complexity index is 442. The fraction of sp³-hybridized carbons (Fsp3) is 0.615. The first kappa shape index (κ1) is 15.2. The largest absolute Gasteiger partial charge is 0.464 e. The Morgan fingerprint density at radius 1 is 1.47 bits per heavy atom. The van der Waals surface area contributed by atoms with Gasteiger partial charge in [-0.3, -0.25) is 9.48 Å². The monoisotopic (exact) mass is 267 g/mol. The number of amides is 1. The molecule has 0 fully saturated rings. The van der Waals surface area contributed by atoms with Gasteiger partial charge in [0.25, 0.3) is 5.91 Å². The Balaban J connectivity index is 2.87. The van der Waals surface area contributed by atoms with Crippen LogP contribution in [0.25, 0.3) is 0 Å². The third kappa shape index (κ3) is 3.81. The molecule has 0 aromatic carbocycles. The quantitative estimate of drug-likeness (QED) is 0.727. The van der Waals surface area contributed by atoms with Crippen LogP contribution < -0.4 is 0 Å². The second-order valence-electron chi connectivity index (χ2n) is 4.30. The maximum absolute atomic E-state index is 12.3. The molecule has 1 heterocycles. The summed E-state index contributed by atoms with van der Waals surface area (Å²) in [6, 6.07) is 1.04. The lowest BCUT2D eigenvalue weighted by molar-refractivity contribution is -0.147. The summed E-state index contributed by atoms with van der Waals surface area (Å²) in [5, 5.41) is 4.07. The molecule has 6 nitrogen and oxygen atoms in total. The fourth-order valence-electron chi connectivity index (χ4n) is 1.78. The van der Waals surface area contributed by atoms with Crippen LogP contribution in [-0.2, 0) is 16.6 Å². The number of carbonyl (C=O) groups excluding carboxylic acids is 2. The van der Waals surface area contributed by atoms with Crippen LogP contribution in [0.15, 0.2) is 12.3 Å². The van der Waals surface area contributed by atoms with Gasteiger partial charge in [-0.1, -0.05) is 6.92 Å². The van der Waals surface area contributed by atoms with E-state index >= 15 is 0 Å². The van der Waals surface area contributed by atoms with Crippen molar-refractivity contribution >= 4 is 11.9 Å². The summed E-state index contributed by atoms with van der Waals surface area (Å²) < 4.78 is 6.53. The average Bonchev–Trinajstić information content (AvgIpc) is 2.81. The second kappa shape index (κ2) is 6.92. The smallest absolute Gasteiger partial charge is 0.328 e. The molecule has 0 bridgehead atoms. The van der Waals surface area contributed by atoms with Crippen molar-refractivity contribution in [1.82, 2.24) is 14.7 Å². The maximum atomic E-state index is 12.3. The highest BCUT2D eigenvalue weighted by atomic mass is 16.5. The molecule has 0 saturated heterocycles. The highest BCUT2D eigenvalue weighted by Crippen LogP contribution is 2.09. The third-order valence-electron chi connectivity index (χ3n) is 2.75. The zero-order valence-electron chi connectivity index (χ0n) is 11.9. The molecule has 0 aliphatic rings. The van der Waals surface area contributed by atoms with Gasteiger partial charge < -0.3 is 9.64 Å². The number of aryl methyl sites for hydroxylation is 1. The molecule has 1 aromatic rings. The first-order chi connectivity index (χ1) is 9.01. The number of nitrogens with zero attached hydrogens (tertiary/aromatic N) is 3. The fourth-order valence-corrected chi connectivity index (χ4v) is 1.78. The Morgan fingerprint density at radius 3 is 2.63 bits per heavy atom. The summed E-state index contributed by atoms with van der Waals surface area (Å²) in [4.78, 5) is 25.6. The Labute approximate surface area is 113 Å². The zero-order chi connectivity index (χ0) is 14.4. The molecular weight excluding hydrogens is 246 g/mol. The summed E-state index contributed by atoms with van der Waals surface area (Å²) in [5.41, 5.74) is 0.340. The molecule has 106 valence electrons. The topological polar surface area (TPSA) is 64.4 Å². The van der Waals surface area contributed by atoms with Crippen LogP contribution in [-0.4, -0.2) is 45.8 Å². The Hall–Kier alpha value is -1.85. The molecule has 19 heavy (non-hydrogen) atoms. The van der Waals surface area contributed by atoms with Gasteiger partial charge in [-0.15, -0.1) is 0 Å². The molecule has 0 unspecified atom stereocenters. The third-order valence-corrected chi connectivity index (χ3v) is 2.75. The van der Waals surface area contributed by atoms with Crippen LogP contribution in [0.2, 0.25) is 0 Å². The molecular formula is C13H21N3O3. The van der Waals surface area contributed by atoms with E-state index in [1.54, 1.807) is 37.8 Å². The molecule has 1 amide bonds. The number of ether oxygens (including phenoxy) is 1. The van der Waals surface area contributed by atoms with Gasteiger partial charge in [0, 0.05) is 19.8 Å². The van der Waals surface area contributed by atoms with E-state index in [-0.39, 0.29) is 11.9 Å². The lowest BCUT2D eigenvalue weighted by atomic mass is 10.2. The predicted molar refractivity (Wildman–Crippen MR) is 70.6 cm³/mol. The van der Waals surface area contributed by atoms with E-state index in [0.717, 1.165) is 6.42 Å². The first-order valence-electron chi connectivity index (χ1n) is 6.48. The first-order valence-corrected chi connectivity index (χ1v) is 6.48. The van der Waals surface area contributed by atoms with Crippen LogP contribution in [0.1, 0.15) is 37.7 Å². The van der Waals surface area contributed by atoms with E-state index < -0.39 is 6.04 Å². The highest BCUT2D eigenvalue weighted by molar-refractivity contribution is 5.95. The molecule has 0 aliphatic carbocycles. The van der Waals surface area contributed by atoms with Crippen molar-refractivity contribution in [3.8, 4) is 0 Å². The summed E-state index contributed by atoms with van der Waals surface area (Å²) >= 11 is 0. The van der Waals surface area contributed by atoms with Crippen molar-refractivity contribution in [1.29, 1.82) is 0 Å². The molecule has 0 N–H and O–H groups in total. The van der Waals surface area contributed by atoms with Gasteiger partial charge in [0.2, 0.25) is 0 Å². The molecule has 1 aromatic heterocycles. The molecule has 0 spiro atoms. The molecule has 0 aliphatic heterocycles. The standard InChI is InChI=1S/C13H21N3O3/c1-5-8-16(10(3)13(18)19-6-2)12(17)11-7-9-15(4)14-11/h7,9-10H,5-6,8H2,1-4H3/t10-/m1/s1.